The summed E-state index contributed by atoms with van der Waals surface area (Å²) in [4.78, 5) is 22.8. The zero-order valence-corrected chi connectivity index (χ0v) is 20.2. The second-order valence-corrected chi connectivity index (χ2v) is 10.3. The van der Waals surface area contributed by atoms with Gasteiger partial charge >= 0.3 is 0 Å². The lowest BCUT2D eigenvalue weighted by atomic mass is 10.2. The van der Waals surface area contributed by atoms with Crippen LogP contribution < -0.4 is 10.2 Å². The highest BCUT2D eigenvalue weighted by molar-refractivity contribution is 8.00. The molecule has 1 aliphatic heterocycles. The van der Waals surface area contributed by atoms with Gasteiger partial charge in [0.15, 0.2) is 5.13 Å². The number of piperazine rings is 1. The van der Waals surface area contributed by atoms with Gasteiger partial charge in [-0.1, -0.05) is 46.7 Å². The van der Waals surface area contributed by atoms with Crippen LogP contribution in [0.1, 0.15) is 11.1 Å². The number of nitrogens with one attached hydrogen (secondary N) is 1. The van der Waals surface area contributed by atoms with Crippen molar-refractivity contribution in [2.45, 2.75) is 18.7 Å². The molecule has 0 atom stereocenters. The van der Waals surface area contributed by atoms with E-state index in [4.69, 9.17) is 16.6 Å². The molecule has 8 heteroatoms. The molecule has 5 nitrogen and oxygen atoms in total. The Morgan fingerprint density at radius 2 is 1.87 bits per heavy atom. The molecule has 1 aliphatic rings. The van der Waals surface area contributed by atoms with Gasteiger partial charge in [0.25, 0.3) is 0 Å². The van der Waals surface area contributed by atoms with E-state index in [-0.39, 0.29) is 5.91 Å². The highest BCUT2D eigenvalue weighted by atomic mass is 35.5. The van der Waals surface area contributed by atoms with Gasteiger partial charge < -0.3 is 10.2 Å². The number of thiazole rings is 1. The number of nitrogens with zero attached hydrogens (tertiary/aromatic N) is 3. The van der Waals surface area contributed by atoms with E-state index < -0.39 is 0 Å². The Labute approximate surface area is 196 Å². The van der Waals surface area contributed by atoms with Gasteiger partial charge in [0.1, 0.15) is 0 Å². The summed E-state index contributed by atoms with van der Waals surface area (Å²) in [5.74, 6) is 0.544. The van der Waals surface area contributed by atoms with Crippen LogP contribution >= 0.6 is 34.7 Å². The molecule has 3 aromatic rings. The smallest absolute Gasteiger partial charge is 0.230 e. The van der Waals surface area contributed by atoms with Gasteiger partial charge in [0.05, 0.1) is 21.0 Å². The average Bonchev–Trinajstić information content (AvgIpc) is 3.23. The maximum atomic E-state index is 12.1. The van der Waals surface area contributed by atoms with Gasteiger partial charge in [-0.05, 0) is 37.6 Å². The molecule has 0 bridgehead atoms. The topological polar surface area (TPSA) is 48.5 Å². The molecule has 164 valence electrons. The molecular formula is C23H27ClN4OS2. The summed E-state index contributed by atoms with van der Waals surface area (Å²) in [6, 6.07) is 12.3. The minimum Gasteiger partial charge on any atom is -0.354 e. The Morgan fingerprint density at radius 3 is 2.58 bits per heavy atom. The Kier molecular flexibility index (Phi) is 7.38. The highest BCUT2D eigenvalue weighted by Crippen LogP contribution is 2.35. The summed E-state index contributed by atoms with van der Waals surface area (Å²) in [5, 5.41) is 4.87. The van der Waals surface area contributed by atoms with Crippen molar-refractivity contribution in [2.75, 3.05) is 49.9 Å². The first-order chi connectivity index (χ1) is 15.0. The van der Waals surface area contributed by atoms with E-state index >= 15 is 0 Å². The molecule has 0 saturated carbocycles. The maximum Gasteiger partial charge on any atom is 0.230 e. The van der Waals surface area contributed by atoms with Crippen LogP contribution in [0.2, 0.25) is 5.02 Å². The Morgan fingerprint density at radius 1 is 1.13 bits per heavy atom. The molecule has 2 aromatic carbocycles. The first-order valence-corrected chi connectivity index (χ1v) is 12.7. The van der Waals surface area contributed by atoms with Crippen molar-refractivity contribution in [3.05, 3.63) is 52.5 Å². The quantitative estimate of drug-likeness (QED) is 0.507. The predicted octanol–water partition coefficient (Wildman–Crippen LogP) is 4.60. The van der Waals surface area contributed by atoms with E-state index in [2.05, 4.69) is 53.2 Å². The molecule has 1 fully saturated rings. The number of fused-ring (bicyclic) bond motifs is 1. The predicted molar refractivity (Wildman–Crippen MR) is 133 cm³/mol. The number of anilines is 1. The van der Waals surface area contributed by atoms with E-state index in [9.17, 15) is 4.79 Å². The van der Waals surface area contributed by atoms with E-state index in [1.54, 1.807) is 23.1 Å². The molecule has 4 rings (SSSR count). The van der Waals surface area contributed by atoms with E-state index in [0.717, 1.165) is 63.6 Å². The summed E-state index contributed by atoms with van der Waals surface area (Å²) in [6.45, 7) is 9.52. The van der Waals surface area contributed by atoms with E-state index in [1.807, 2.05) is 12.1 Å². The molecular weight excluding hydrogens is 448 g/mol. The van der Waals surface area contributed by atoms with E-state index in [1.165, 1.54) is 5.56 Å². The number of aromatic nitrogens is 1. The zero-order valence-electron chi connectivity index (χ0n) is 17.9. The number of hydrogen-bond donors (Lipinski definition) is 1. The number of carbonyl (C=O) groups is 1. The van der Waals surface area contributed by atoms with Crippen LogP contribution in [0.15, 0.2) is 41.3 Å². The lowest BCUT2D eigenvalue weighted by Gasteiger charge is -2.34. The van der Waals surface area contributed by atoms with Crippen LogP contribution in [-0.4, -0.2) is 60.8 Å². The lowest BCUT2D eigenvalue weighted by Crippen LogP contribution is -2.48. The lowest BCUT2D eigenvalue weighted by molar-refractivity contribution is -0.118. The Balaban J connectivity index is 1.19. The molecule has 0 radical (unpaired) electrons. The normalized spacial score (nSPS) is 14.9. The Bertz CT molecular complexity index is 1010. The third-order valence-electron chi connectivity index (χ3n) is 5.47. The van der Waals surface area contributed by atoms with Gasteiger partial charge in [0, 0.05) is 44.2 Å². The molecule has 2 heterocycles. The fourth-order valence-electron chi connectivity index (χ4n) is 3.58. The summed E-state index contributed by atoms with van der Waals surface area (Å²) in [6.07, 6.45) is 0. The summed E-state index contributed by atoms with van der Waals surface area (Å²) in [5.41, 5.74) is 3.41. The molecule has 31 heavy (non-hydrogen) atoms. The minimum atomic E-state index is 0.0888. The van der Waals surface area contributed by atoms with Gasteiger partial charge in [-0.2, -0.15) is 0 Å². The van der Waals surface area contributed by atoms with Crippen molar-refractivity contribution in [3.8, 4) is 0 Å². The van der Waals surface area contributed by atoms with Crippen molar-refractivity contribution in [1.29, 1.82) is 0 Å². The third kappa shape index (κ3) is 5.71. The van der Waals surface area contributed by atoms with Crippen LogP contribution in [0, 0.1) is 13.8 Å². The first-order valence-electron chi connectivity index (χ1n) is 10.5. The number of amides is 1. The van der Waals surface area contributed by atoms with E-state index in [0.29, 0.717) is 12.3 Å². The number of rotatable bonds is 7. The van der Waals surface area contributed by atoms with Crippen LogP contribution in [0.4, 0.5) is 5.13 Å². The summed E-state index contributed by atoms with van der Waals surface area (Å²) >= 11 is 9.61. The minimum absolute atomic E-state index is 0.0888. The second-order valence-electron chi connectivity index (χ2n) is 7.82. The number of thioether (sulfide) groups is 1. The number of halogens is 1. The zero-order chi connectivity index (χ0) is 21.8. The number of aryl methyl sites for hydroxylation is 2. The van der Waals surface area contributed by atoms with Gasteiger partial charge in [-0.3, -0.25) is 9.69 Å². The van der Waals surface area contributed by atoms with Crippen molar-refractivity contribution in [2.24, 2.45) is 0 Å². The standard InChI is InChI=1S/C23H27ClN4OS2/c1-16-3-6-18(7-4-16)30-15-20(29)25-9-10-27-11-13-28(14-12-27)23-26-21-17(2)5-8-19(24)22(21)31-23/h3-8H,9-15H2,1-2H3,(H,25,29). The largest absolute Gasteiger partial charge is 0.354 e. The van der Waals surface area contributed by atoms with Crippen LogP contribution in [0.5, 0.6) is 0 Å². The van der Waals surface area contributed by atoms with Crippen LogP contribution in [-0.2, 0) is 4.79 Å². The molecule has 1 N–H and O–H groups in total. The number of hydrogen-bond acceptors (Lipinski definition) is 6. The van der Waals surface area contributed by atoms with Crippen molar-refractivity contribution in [3.63, 3.8) is 0 Å². The fraction of sp³-hybridized carbons (Fsp3) is 0.391. The Hall–Kier alpha value is -1.80. The number of carbonyl (C=O) groups excluding carboxylic acids is 1. The molecule has 1 aromatic heterocycles. The fourth-order valence-corrected chi connectivity index (χ4v) is 5.67. The number of benzene rings is 2. The van der Waals surface area contributed by atoms with Crippen LogP contribution in [0.25, 0.3) is 10.2 Å². The van der Waals surface area contributed by atoms with Gasteiger partial charge in [-0.15, -0.1) is 11.8 Å². The van der Waals surface area contributed by atoms with Gasteiger partial charge in [-0.25, -0.2) is 4.98 Å². The monoisotopic (exact) mass is 474 g/mol. The molecule has 1 amide bonds. The van der Waals surface area contributed by atoms with Gasteiger partial charge in [0.2, 0.25) is 5.91 Å². The second kappa shape index (κ2) is 10.2. The average molecular weight is 475 g/mol. The summed E-state index contributed by atoms with van der Waals surface area (Å²) < 4.78 is 1.07. The third-order valence-corrected chi connectivity index (χ3v) is 8.06. The maximum absolute atomic E-state index is 12.1. The first kappa shape index (κ1) is 22.4. The van der Waals surface area contributed by atoms with Crippen LogP contribution in [0.3, 0.4) is 0 Å². The molecule has 1 saturated heterocycles. The van der Waals surface area contributed by atoms with Crippen molar-refractivity contribution < 1.29 is 4.79 Å². The van der Waals surface area contributed by atoms with Crippen molar-refractivity contribution in [1.82, 2.24) is 15.2 Å². The molecule has 0 spiro atoms. The van der Waals surface area contributed by atoms with Crippen molar-refractivity contribution >= 4 is 56.0 Å². The SMILES string of the molecule is Cc1ccc(SCC(=O)NCCN2CCN(c3nc4c(C)ccc(Cl)c4s3)CC2)cc1. The highest BCUT2D eigenvalue weighted by Gasteiger charge is 2.20. The molecule has 0 aliphatic carbocycles. The summed E-state index contributed by atoms with van der Waals surface area (Å²) in [7, 11) is 0. The molecule has 0 unspecified atom stereocenters.